The van der Waals surface area contributed by atoms with Crippen molar-refractivity contribution in [1.29, 1.82) is 0 Å². The highest BCUT2D eigenvalue weighted by molar-refractivity contribution is 7.91. The van der Waals surface area contributed by atoms with Crippen LogP contribution in [0.5, 0.6) is 5.75 Å². The highest BCUT2D eigenvalue weighted by Gasteiger charge is 2.33. The lowest BCUT2D eigenvalue weighted by Crippen LogP contribution is -2.42. The average Bonchev–Trinajstić information content (AvgIpc) is 3.21. The standard InChI is InChI=1S/C19H25NO4S2/c1-15-4-2-5-18(10-15)24-13-17(21)11-20(12-19-6-3-8-25-19)16-7-9-26(22,23)14-16/h2-6,8,10,16-17,21H,7,9,11-14H2,1H3. The molecule has 2 heterocycles. The van der Waals surface area contributed by atoms with Gasteiger partial charge in [-0.3, -0.25) is 4.90 Å². The second-order valence-corrected chi connectivity index (χ2v) is 10.1. The zero-order valence-corrected chi connectivity index (χ0v) is 16.5. The van der Waals surface area contributed by atoms with Crippen molar-refractivity contribution in [3.63, 3.8) is 0 Å². The van der Waals surface area contributed by atoms with Crippen molar-refractivity contribution in [3.05, 3.63) is 52.2 Å². The van der Waals surface area contributed by atoms with Gasteiger partial charge in [-0.1, -0.05) is 18.2 Å². The molecule has 3 rings (SSSR count). The van der Waals surface area contributed by atoms with Crippen LogP contribution in [0.2, 0.25) is 0 Å². The number of aryl methyl sites for hydroxylation is 1. The van der Waals surface area contributed by atoms with Gasteiger partial charge in [0.05, 0.1) is 11.5 Å². The fraction of sp³-hybridized carbons (Fsp3) is 0.474. The Morgan fingerprint density at radius 1 is 1.35 bits per heavy atom. The summed E-state index contributed by atoms with van der Waals surface area (Å²) in [5.41, 5.74) is 1.10. The second-order valence-electron chi connectivity index (χ2n) is 6.85. The van der Waals surface area contributed by atoms with Gasteiger partial charge in [-0.25, -0.2) is 8.42 Å². The van der Waals surface area contributed by atoms with Gasteiger partial charge >= 0.3 is 0 Å². The summed E-state index contributed by atoms with van der Waals surface area (Å²) in [5, 5.41) is 12.5. The van der Waals surface area contributed by atoms with Crippen molar-refractivity contribution < 1.29 is 18.3 Å². The fourth-order valence-electron chi connectivity index (χ4n) is 3.23. The van der Waals surface area contributed by atoms with Crippen molar-refractivity contribution in [3.8, 4) is 5.75 Å². The summed E-state index contributed by atoms with van der Waals surface area (Å²) in [7, 11) is -2.97. The summed E-state index contributed by atoms with van der Waals surface area (Å²) in [6.07, 6.45) is -0.0575. The van der Waals surface area contributed by atoms with E-state index in [-0.39, 0.29) is 24.2 Å². The number of ether oxygens (including phenoxy) is 1. The van der Waals surface area contributed by atoms with E-state index in [1.807, 2.05) is 48.7 Å². The van der Waals surface area contributed by atoms with E-state index >= 15 is 0 Å². The van der Waals surface area contributed by atoms with Crippen LogP contribution in [0.1, 0.15) is 16.9 Å². The van der Waals surface area contributed by atoms with Gasteiger partial charge in [-0.15, -0.1) is 11.3 Å². The van der Waals surface area contributed by atoms with E-state index in [1.165, 1.54) is 4.88 Å². The summed E-state index contributed by atoms with van der Waals surface area (Å²) in [6, 6.07) is 11.7. The quantitative estimate of drug-likeness (QED) is 0.744. The lowest BCUT2D eigenvalue weighted by atomic mass is 10.2. The maximum Gasteiger partial charge on any atom is 0.151 e. The summed E-state index contributed by atoms with van der Waals surface area (Å²) in [6.45, 7) is 3.22. The van der Waals surface area contributed by atoms with Gasteiger partial charge in [-0.05, 0) is 42.5 Å². The predicted molar refractivity (Wildman–Crippen MR) is 104 cm³/mol. The van der Waals surface area contributed by atoms with E-state index in [9.17, 15) is 13.5 Å². The minimum absolute atomic E-state index is 0.0456. The van der Waals surface area contributed by atoms with Gasteiger partial charge < -0.3 is 9.84 Å². The fourth-order valence-corrected chi connectivity index (χ4v) is 5.72. The van der Waals surface area contributed by atoms with Crippen LogP contribution in [-0.2, 0) is 16.4 Å². The van der Waals surface area contributed by atoms with Crippen LogP contribution in [0.15, 0.2) is 41.8 Å². The molecule has 5 nitrogen and oxygen atoms in total. The molecule has 7 heteroatoms. The van der Waals surface area contributed by atoms with Gasteiger partial charge in [0.15, 0.2) is 9.84 Å². The molecule has 1 aliphatic rings. The van der Waals surface area contributed by atoms with Gasteiger partial charge in [-0.2, -0.15) is 0 Å². The maximum atomic E-state index is 11.9. The Hall–Kier alpha value is -1.41. The molecule has 1 N–H and O–H groups in total. The third kappa shape index (κ3) is 5.54. The first-order valence-electron chi connectivity index (χ1n) is 8.76. The van der Waals surface area contributed by atoms with Crippen LogP contribution in [0, 0.1) is 6.92 Å². The molecule has 0 amide bonds. The molecular formula is C19H25NO4S2. The molecule has 26 heavy (non-hydrogen) atoms. The first kappa shape index (κ1) is 19.4. The van der Waals surface area contributed by atoms with Crippen molar-refractivity contribution in [2.45, 2.75) is 32.0 Å². The molecule has 1 saturated heterocycles. The average molecular weight is 396 g/mol. The number of aliphatic hydroxyl groups is 1. The Kier molecular flexibility index (Phi) is 6.34. The molecule has 2 aromatic rings. The molecule has 2 unspecified atom stereocenters. The maximum absolute atomic E-state index is 11.9. The number of thiophene rings is 1. The Morgan fingerprint density at radius 3 is 2.85 bits per heavy atom. The Balaban J connectivity index is 1.60. The second kappa shape index (κ2) is 8.52. The molecule has 1 fully saturated rings. The van der Waals surface area contributed by atoms with E-state index < -0.39 is 15.9 Å². The van der Waals surface area contributed by atoms with Gasteiger partial charge in [0.25, 0.3) is 0 Å². The number of aliphatic hydroxyl groups excluding tert-OH is 1. The number of hydrogen-bond donors (Lipinski definition) is 1. The molecule has 0 saturated carbocycles. The zero-order valence-electron chi connectivity index (χ0n) is 14.9. The van der Waals surface area contributed by atoms with E-state index in [2.05, 4.69) is 4.90 Å². The topological polar surface area (TPSA) is 66.8 Å². The minimum atomic E-state index is -2.97. The normalized spacial score (nSPS) is 20.3. The lowest BCUT2D eigenvalue weighted by Gasteiger charge is -2.29. The number of nitrogens with zero attached hydrogens (tertiary/aromatic N) is 1. The molecule has 0 bridgehead atoms. The minimum Gasteiger partial charge on any atom is -0.491 e. The number of benzene rings is 1. The monoisotopic (exact) mass is 395 g/mol. The van der Waals surface area contributed by atoms with E-state index in [0.29, 0.717) is 19.5 Å². The zero-order chi connectivity index (χ0) is 18.6. The van der Waals surface area contributed by atoms with E-state index in [1.54, 1.807) is 11.3 Å². The molecule has 0 spiro atoms. The summed E-state index contributed by atoms with van der Waals surface area (Å²) < 4.78 is 29.4. The first-order valence-corrected chi connectivity index (χ1v) is 11.5. The Bertz CT molecular complexity index is 805. The highest BCUT2D eigenvalue weighted by atomic mass is 32.2. The molecule has 1 aromatic heterocycles. The van der Waals surface area contributed by atoms with Crippen LogP contribution < -0.4 is 4.74 Å². The largest absolute Gasteiger partial charge is 0.491 e. The number of hydrogen-bond acceptors (Lipinski definition) is 6. The summed E-state index contributed by atoms with van der Waals surface area (Å²) in [4.78, 5) is 3.25. The van der Waals surface area contributed by atoms with Gasteiger partial charge in [0.2, 0.25) is 0 Å². The van der Waals surface area contributed by atoms with E-state index in [4.69, 9.17) is 4.74 Å². The lowest BCUT2D eigenvalue weighted by molar-refractivity contribution is 0.0529. The molecule has 0 aliphatic carbocycles. The van der Waals surface area contributed by atoms with E-state index in [0.717, 1.165) is 11.3 Å². The number of rotatable bonds is 8. The highest BCUT2D eigenvalue weighted by Crippen LogP contribution is 2.22. The van der Waals surface area contributed by atoms with Crippen LogP contribution in [0.4, 0.5) is 0 Å². The number of sulfone groups is 1. The first-order chi connectivity index (χ1) is 12.4. The molecule has 142 valence electrons. The van der Waals surface area contributed by atoms with Crippen LogP contribution >= 0.6 is 11.3 Å². The van der Waals surface area contributed by atoms with Crippen LogP contribution in [-0.4, -0.2) is 55.2 Å². The third-order valence-corrected chi connectivity index (χ3v) is 7.15. The van der Waals surface area contributed by atoms with Crippen molar-refractivity contribution in [2.75, 3.05) is 24.7 Å². The van der Waals surface area contributed by atoms with Crippen molar-refractivity contribution in [1.82, 2.24) is 4.90 Å². The van der Waals surface area contributed by atoms with Gasteiger partial charge in [0.1, 0.15) is 18.5 Å². The SMILES string of the molecule is Cc1cccc(OCC(O)CN(Cc2cccs2)C2CCS(=O)(=O)C2)c1. The summed E-state index contributed by atoms with van der Waals surface area (Å²) in [5.74, 6) is 1.13. The van der Waals surface area contributed by atoms with Crippen molar-refractivity contribution >= 4 is 21.2 Å². The van der Waals surface area contributed by atoms with Gasteiger partial charge in [0, 0.05) is 24.0 Å². The molecule has 0 radical (unpaired) electrons. The predicted octanol–water partition coefficient (Wildman–Crippen LogP) is 2.49. The third-order valence-electron chi connectivity index (χ3n) is 4.54. The summed E-state index contributed by atoms with van der Waals surface area (Å²) >= 11 is 1.64. The van der Waals surface area contributed by atoms with Crippen LogP contribution in [0.25, 0.3) is 0 Å². The molecule has 1 aromatic carbocycles. The van der Waals surface area contributed by atoms with Crippen molar-refractivity contribution in [2.24, 2.45) is 0 Å². The van der Waals surface area contributed by atoms with Crippen LogP contribution in [0.3, 0.4) is 0 Å². The Morgan fingerprint density at radius 2 is 2.19 bits per heavy atom. The Labute approximate surface area is 159 Å². The molecular weight excluding hydrogens is 370 g/mol. The molecule has 1 aliphatic heterocycles. The smallest absolute Gasteiger partial charge is 0.151 e. The molecule has 2 atom stereocenters.